The number of hydrogen-bond donors (Lipinski definition) is 0. The van der Waals surface area contributed by atoms with Gasteiger partial charge in [-0.3, -0.25) is 4.90 Å². The van der Waals surface area contributed by atoms with E-state index in [-0.39, 0.29) is 12.4 Å². The van der Waals surface area contributed by atoms with Crippen molar-refractivity contribution < 1.29 is 0 Å². The molecule has 2 heteroatoms. The SMILES string of the molecule is CCCCC(c1ccccc1)N1CCCCC1.Cl. The highest BCUT2D eigenvalue weighted by Crippen LogP contribution is 2.28. The number of hydrogen-bond acceptors (Lipinski definition) is 1. The molecule has 1 nitrogen and oxygen atoms in total. The first-order chi connectivity index (χ1) is 8.42. The molecule has 1 aromatic carbocycles. The average Bonchev–Trinajstić information content (AvgIpc) is 2.42. The number of likely N-dealkylation sites (tertiary alicyclic amines) is 1. The van der Waals surface area contributed by atoms with Crippen molar-refractivity contribution >= 4 is 12.4 Å². The summed E-state index contributed by atoms with van der Waals surface area (Å²) in [7, 11) is 0. The van der Waals surface area contributed by atoms with E-state index in [1.165, 1.54) is 57.2 Å². The molecule has 2 rings (SSSR count). The smallest absolute Gasteiger partial charge is 0.0348 e. The molecular weight excluding hydrogens is 242 g/mol. The van der Waals surface area contributed by atoms with Crippen LogP contribution in [0, 0.1) is 0 Å². The predicted molar refractivity (Wildman–Crippen MR) is 81.4 cm³/mol. The Morgan fingerprint density at radius 2 is 1.72 bits per heavy atom. The van der Waals surface area contributed by atoms with E-state index in [1.54, 1.807) is 0 Å². The van der Waals surface area contributed by atoms with Crippen molar-refractivity contribution in [1.29, 1.82) is 0 Å². The molecule has 0 aliphatic carbocycles. The third-order valence-corrected chi connectivity index (χ3v) is 3.85. The van der Waals surface area contributed by atoms with Gasteiger partial charge in [-0.1, -0.05) is 56.5 Å². The summed E-state index contributed by atoms with van der Waals surface area (Å²) in [4.78, 5) is 2.70. The Kier molecular flexibility index (Phi) is 7.38. The van der Waals surface area contributed by atoms with Crippen molar-refractivity contribution in [2.75, 3.05) is 13.1 Å². The minimum absolute atomic E-state index is 0. The lowest BCUT2D eigenvalue weighted by atomic mass is 9.97. The normalized spacial score (nSPS) is 18.1. The lowest BCUT2D eigenvalue weighted by Crippen LogP contribution is -2.33. The Morgan fingerprint density at radius 3 is 2.33 bits per heavy atom. The summed E-state index contributed by atoms with van der Waals surface area (Å²) < 4.78 is 0. The van der Waals surface area contributed by atoms with Gasteiger partial charge in [0, 0.05) is 6.04 Å². The van der Waals surface area contributed by atoms with Crippen LogP contribution in [0.1, 0.15) is 57.1 Å². The zero-order valence-electron chi connectivity index (χ0n) is 11.5. The van der Waals surface area contributed by atoms with Gasteiger partial charge in [0.15, 0.2) is 0 Å². The molecule has 1 fully saturated rings. The van der Waals surface area contributed by atoms with Gasteiger partial charge in [0.1, 0.15) is 0 Å². The first-order valence-corrected chi connectivity index (χ1v) is 7.21. The van der Waals surface area contributed by atoms with Gasteiger partial charge < -0.3 is 0 Å². The molecule has 1 saturated heterocycles. The van der Waals surface area contributed by atoms with Crippen LogP contribution in [-0.4, -0.2) is 18.0 Å². The predicted octanol–water partition coefficient (Wildman–Crippen LogP) is 4.83. The lowest BCUT2D eigenvalue weighted by Gasteiger charge is -2.35. The van der Waals surface area contributed by atoms with Crippen LogP contribution < -0.4 is 0 Å². The molecule has 18 heavy (non-hydrogen) atoms. The summed E-state index contributed by atoms with van der Waals surface area (Å²) in [6, 6.07) is 11.7. The largest absolute Gasteiger partial charge is 0.296 e. The highest BCUT2D eigenvalue weighted by molar-refractivity contribution is 5.85. The second-order valence-corrected chi connectivity index (χ2v) is 5.17. The quantitative estimate of drug-likeness (QED) is 0.739. The van der Waals surface area contributed by atoms with Gasteiger partial charge in [0.05, 0.1) is 0 Å². The van der Waals surface area contributed by atoms with Gasteiger partial charge in [0.25, 0.3) is 0 Å². The monoisotopic (exact) mass is 267 g/mol. The number of piperidine rings is 1. The Bertz CT molecular complexity index is 306. The maximum absolute atomic E-state index is 2.70. The van der Waals surface area contributed by atoms with Gasteiger partial charge in [0.2, 0.25) is 0 Å². The Balaban J connectivity index is 0.00000162. The Labute approximate surface area is 118 Å². The molecule has 1 aliphatic heterocycles. The van der Waals surface area contributed by atoms with Crippen LogP contribution in [0.5, 0.6) is 0 Å². The van der Waals surface area contributed by atoms with Crippen molar-refractivity contribution in [1.82, 2.24) is 4.90 Å². The molecule has 0 radical (unpaired) electrons. The van der Waals surface area contributed by atoms with E-state index in [9.17, 15) is 0 Å². The molecule has 0 N–H and O–H groups in total. The van der Waals surface area contributed by atoms with Crippen molar-refractivity contribution in [2.24, 2.45) is 0 Å². The van der Waals surface area contributed by atoms with Gasteiger partial charge in [-0.05, 0) is 37.9 Å². The van der Waals surface area contributed by atoms with E-state index < -0.39 is 0 Å². The molecule has 1 aromatic rings. The molecule has 0 saturated carbocycles. The standard InChI is InChI=1S/C16H25N.ClH/c1-2-3-12-16(15-10-6-4-7-11-15)17-13-8-5-9-14-17;/h4,6-7,10-11,16H,2-3,5,8-9,12-14H2,1H3;1H. The molecule has 1 aliphatic rings. The van der Waals surface area contributed by atoms with Gasteiger partial charge >= 0.3 is 0 Å². The number of benzene rings is 1. The summed E-state index contributed by atoms with van der Waals surface area (Å²) in [6.45, 7) is 4.88. The van der Waals surface area contributed by atoms with Gasteiger partial charge in [-0.15, -0.1) is 12.4 Å². The first-order valence-electron chi connectivity index (χ1n) is 7.21. The van der Waals surface area contributed by atoms with Crippen LogP contribution in [0.3, 0.4) is 0 Å². The Morgan fingerprint density at radius 1 is 1.06 bits per heavy atom. The number of rotatable bonds is 5. The fourth-order valence-electron chi connectivity index (χ4n) is 2.86. The minimum atomic E-state index is 0. The molecule has 1 heterocycles. The van der Waals surface area contributed by atoms with Crippen LogP contribution in [-0.2, 0) is 0 Å². The van der Waals surface area contributed by atoms with Crippen LogP contribution in [0.25, 0.3) is 0 Å². The third-order valence-electron chi connectivity index (χ3n) is 3.85. The van der Waals surface area contributed by atoms with E-state index in [2.05, 4.69) is 42.2 Å². The fraction of sp³-hybridized carbons (Fsp3) is 0.625. The molecular formula is C16H26ClN. The number of halogens is 1. The van der Waals surface area contributed by atoms with Crippen LogP contribution >= 0.6 is 12.4 Å². The number of unbranched alkanes of at least 4 members (excludes halogenated alkanes) is 1. The lowest BCUT2D eigenvalue weighted by molar-refractivity contribution is 0.153. The summed E-state index contributed by atoms with van der Waals surface area (Å²) in [5, 5.41) is 0. The molecule has 0 amide bonds. The van der Waals surface area contributed by atoms with Crippen LogP contribution in [0.2, 0.25) is 0 Å². The third kappa shape index (κ3) is 4.29. The average molecular weight is 268 g/mol. The zero-order valence-corrected chi connectivity index (χ0v) is 12.3. The van der Waals surface area contributed by atoms with Crippen LogP contribution in [0.15, 0.2) is 30.3 Å². The van der Waals surface area contributed by atoms with Crippen molar-refractivity contribution in [3.63, 3.8) is 0 Å². The second-order valence-electron chi connectivity index (χ2n) is 5.17. The maximum Gasteiger partial charge on any atom is 0.0348 e. The minimum Gasteiger partial charge on any atom is -0.296 e. The summed E-state index contributed by atoms with van der Waals surface area (Å²) in [5.74, 6) is 0. The van der Waals surface area contributed by atoms with E-state index >= 15 is 0 Å². The first kappa shape index (κ1) is 15.5. The summed E-state index contributed by atoms with van der Waals surface area (Å²) in [5.41, 5.74) is 1.52. The maximum atomic E-state index is 2.70. The van der Waals surface area contributed by atoms with Gasteiger partial charge in [-0.2, -0.15) is 0 Å². The zero-order chi connectivity index (χ0) is 11.9. The molecule has 0 aromatic heterocycles. The van der Waals surface area contributed by atoms with E-state index in [1.807, 2.05) is 0 Å². The van der Waals surface area contributed by atoms with Crippen molar-refractivity contribution in [3.05, 3.63) is 35.9 Å². The van der Waals surface area contributed by atoms with Gasteiger partial charge in [-0.25, -0.2) is 0 Å². The van der Waals surface area contributed by atoms with Crippen LogP contribution in [0.4, 0.5) is 0 Å². The Hall–Kier alpha value is -0.530. The van der Waals surface area contributed by atoms with E-state index in [0.29, 0.717) is 6.04 Å². The molecule has 102 valence electrons. The van der Waals surface area contributed by atoms with Crippen molar-refractivity contribution in [3.8, 4) is 0 Å². The molecule has 0 bridgehead atoms. The van der Waals surface area contributed by atoms with E-state index in [4.69, 9.17) is 0 Å². The molecule has 1 unspecified atom stereocenters. The second kappa shape index (κ2) is 8.55. The molecule has 1 atom stereocenters. The summed E-state index contributed by atoms with van der Waals surface area (Å²) >= 11 is 0. The highest BCUT2D eigenvalue weighted by atomic mass is 35.5. The fourth-order valence-corrected chi connectivity index (χ4v) is 2.86. The van der Waals surface area contributed by atoms with E-state index in [0.717, 1.165) is 0 Å². The summed E-state index contributed by atoms with van der Waals surface area (Å²) in [6.07, 6.45) is 8.16. The highest BCUT2D eigenvalue weighted by Gasteiger charge is 2.21. The number of nitrogens with zero attached hydrogens (tertiary/aromatic N) is 1. The van der Waals surface area contributed by atoms with Crippen molar-refractivity contribution in [2.45, 2.75) is 51.5 Å². The molecule has 0 spiro atoms. The topological polar surface area (TPSA) is 3.24 Å².